The number of anilines is 1. The molecule has 2 aromatic heterocycles. The topological polar surface area (TPSA) is 60.7 Å². The second kappa shape index (κ2) is 8.61. The van der Waals surface area contributed by atoms with Gasteiger partial charge in [-0.05, 0) is 48.9 Å². The molecule has 10 heteroatoms. The van der Waals surface area contributed by atoms with Crippen molar-refractivity contribution in [1.29, 1.82) is 0 Å². The first-order chi connectivity index (χ1) is 15.7. The third kappa shape index (κ3) is 4.28. The van der Waals surface area contributed by atoms with Crippen LogP contribution in [0.1, 0.15) is 24.1 Å². The molecule has 4 rings (SSSR count). The maximum atomic E-state index is 14.8. The largest absolute Gasteiger partial charge is 0.497 e. The number of alkyl halides is 3. The summed E-state index contributed by atoms with van der Waals surface area (Å²) >= 11 is 0. The highest BCUT2D eigenvalue weighted by molar-refractivity contribution is 5.81. The molecule has 0 bridgehead atoms. The predicted octanol–water partition coefficient (Wildman–Crippen LogP) is 5.74. The summed E-state index contributed by atoms with van der Waals surface area (Å²) < 4.78 is 67.5. The quantitative estimate of drug-likeness (QED) is 0.372. The molecule has 0 saturated carbocycles. The van der Waals surface area contributed by atoms with Gasteiger partial charge in [0.1, 0.15) is 22.7 Å². The van der Waals surface area contributed by atoms with Crippen molar-refractivity contribution in [1.82, 2.24) is 14.6 Å². The number of hydrogen-bond donors (Lipinski definition) is 1. The van der Waals surface area contributed by atoms with Crippen LogP contribution in [0, 0.1) is 5.82 Å². The Labute approximate surface area is 186 Å². The minimum Gasteiger partial charge on any atom is -0.497 e. The van der Waals surface area contributed by atoms with Gasteiger partial charge in [-0.1, -0.05) is 12.1 Å². The van der Waals surface area contributed by atoms with E-state index in [1.807, 2.05) is 25.1 Å². The van der Waals surface area contributed by atoms with E-state index in [2.05, 4.69) is 15.5 Å². The van der Waals surface area contributed by atoms with E-state index in [-0.39, 0.29) is 34.5 Å². The van der Waals surface area contributed by atoms with Crippen LogP contribution in [0.3, 0.4) is 0 Å². The molecule has 1 N–H and O–H groups in total. The van der Waals surface area contributed by atoms with E-state index in [0.717, 1.165) is 17.7 Å². The van der Waals surface area contributed by atoms with Gasteiger partial charge in [0.25, 0.3) is 0 Å². The summed E-state index contributed by atoms with van der Waals surface area (Å²) in [5.41, 5.74) is -0.779. The zero-order chi connectivity index (χ0) is 23.8. The number of halogens is 4. The number of methoxy groups -OCH3 is 2. The van der Waals surface area contributed by atoms with Gasteiger partial charge in [0.2, 0.25) is 5.95 Å². The molecule has 0 aliphatic carbocycles. The zero-order valence-corrected chi connectivity index (χ0v) is 17.9. The van der Waals surface area contributed by atoms with Crippen molar-refractivity contribution >= 4 is 11.5 Å². The van der Waals surface area contributed by atoms with Gasteiger partial charge in [-0.15, -0.1) is 10.2 Å². The van der Waals surface area contributed by atoms with E-state index < -0.39 is 17.6 Å². The highest BCUT2D eigenvalue weighted by Gasteiger charge is 2.35. The van der Waals surface area contributed by atoms with Crippen LogP contribution >= 0.6 is 0 Å². The number of hydrogen-bond acceptors (Lipinski definition) is 5. The van der Waals surface area contributed by atoms with Gasteiger partial charge < -0.3 is 14.8 Å². The molecule has 1 unspecified atom stereocenters. The first-order valence-corrected chi connectivity index (χ1v) is 9.92. The number of nitrogens with zero attached hydrogens (tertiary/aromatic N) is 3. The summed E-state index contributed by atoms with van der Waals surface area (Å²) in [7, 11) is 2.83. The van der Waals surface area contributed by atoms with Gasteiger partial charge in [-0.2, -0.15) is 13.2 Å². The number of aromatic nitrogens is 3. The molecule has 0 radical (unpaired) electrons. The fourth-order valence-electron chi connectivity index (χ4n) is 3.56. The Kier molecular flexibility index (Phi) is 5.84. The lowest BCUT2D eigenvalue weighted by Gasteiger charge is -2.18. The van der Waals surface area contributed by atoms with Crippen LogP contribution in [0.5, 0.6) is 11.5 Å². The molecule has 0 aliphatic heterocycles. The third-order valence-electron chi connectivity index (χ3n) is 5.26. The molecular weight excluding hydrogens is 440 g/mol. The average molecular weight is 460 g/mol. The molecule has 0 spiro atoms. The average Bonchev–Trinajstić information content (AvgIpc) is 3.20. The minimum atomic E-state index is -4.70. The second-order valence-corrected chi connectivity index (χ2v) is 7.31. The van der Waals surface area contributed by atoms with Crippen molar-refractivity contribution in [3.63, 3.8) is 0 Å². The zero-order valence-electron chi connectivity index (χ0n) is 17.9. The SMILES string of the molecule is COc1cccc(C(C)Nc2nnc(-c3ccc(OC)cc3C(F)(F)F)c3c(F)ccn23)c1. The smallest absolute Gasteiger partial charge is 0.417 e. The van der Waals surface area contributed by atoms with Crippen molar-refractivity contribution in [2.45, 2.75) is 19.1 Å². The van der Waals surface area contributed by atoms with Gasteiger partial charge in [-0.3, -0.25) is 4.40 Å². The van der Waals surface area contributed by atoms with Crippen LogP contribution in [0.25, 0.3) is 16.8 Å². The summed E-state index contributed by atoms with van der Waals surface area (Å²) in [6.07, 6.45) is -3.32. The van der Waals surface area contributed by atoms with Gasteiger partial charge >= 0.3 is 6.18 Å². The first-order valence-electron chi connectivity index (χ1n) is 9.92. The van der Waals surface area contributed by atoms with E-state index in [1.165, 1.54) is 29.8 Å². The molecule has 6 nitrogen and oxygen atoms in total. The molecule has 2 heterocycles. The molecular formula is C23H20F4N4O2. The van der Waals surface area contributed by atoms with E-state index in [9.17, 15) is 17.6 Å². The molecule has 0 aliphatic rings. The predicted molar refractivity (Wildman–Crippen MR) is 115 cm³/mol. The maximum absolute atomic E-state index is 14.8. The Balaban J connectivity index is 1.80. The first kappa shape index (κ1) is 22.4. The van der Waals surface area contributed by atoms with Crippen molar-refractivity contribution in [2.75, 3.05) is 19.5 Å². The van der Waals surface area contributed by atoms with Crippen molar-refractivity contribution in [3.8, 4) is 22.8 Å². The van der Waals surface area contributed by atoms with Crippen LogP contribution < -0.4 is 14.8 Å². The minimum absolute atomic E-state index is 0.0244. The molecule has 1 atom stereocenters. The Bertz CT molecular complexity index is 1300. The van der Waals surface area contributed by atoms with Gasteiger partial charge in [0, 0.05) is 11.8 Å². The highest BCUT2D eigenvalue weighted by Crippen LogP contribution is 2.40. The highest BCUT2D eigenvalue weighted by atomic mass is 19.4. The summed E-state index contributed by atoms with van der Waals surface area (Å²) in [5.74, 6) is 0.145. The fraction of sp³-hybridized carbons (Fsp3) is 0.217. The molecule has 0 amide bonds. The Hall–Kier alpha value is -3.82. The van der Waals surface area contributed by atoms with E-state index >= 15 is 0 Å². The second-order valence-electron chi connectivity index (χ2n) is 7.31. The Morgan fingerprint density at radius 3 is 2.39 bits per heavy atom. The summed E-state index contributed by atoms with van der Waals surface area (Å²) in [6.45, 7) is 1.86. The molecule has 33 heavy (non-hydrogen) atoms. The maximum Gasteiger partial charge on any atom is 0.417 e. The monoisotopic (exact) mass is 460 g/mol. The summed E-state index contributed by atoms with van der Waals surface area (Å²) in [4.78, 5) is 0. The van der Waals surface area contributed by atoms with Crippen molar-refractivity contribution in [2.24, 2.45) is 0 Å². The summed E-state index contributed by atoms with van der Waals surface area (Å²) in [6, 6.07) is 11.6. The Morgan fingerprint density at radius 1 is 0.970 bits per heavy atom. The lowest BCUT2D eigenvalue weighted by Crippen LogP contribution is -2.14. The van der Waals surface area contributed by atoms with Crippen LogP contribution in [-0.2, 0) is 6.18 Å². The lowest BCUT2D eigenvalue weighted by atomic mass is 10.0. The number of fused-ring (bicyclic) bond motifs is 1. The molecule has 172 valence electrons. The van der Waals surface area contributed by atoms with Crippen LogP contribution in [0.2, 0.25) is 0 Å². The van der Waals surface area contributed by atoms with E-state index in [4.69, 9.17) is 9.47 Å². The van der Waals surface area contributed by atoms with Crippen LogP contribution in [-0.4, -0.2) is 28.8 Å². The van der Waals surface area contributed by atoms with Gasteiger partial charge in [-0.25, -0.2) is 4.39 Å². The number of nitrogens with one attached hydrogen (secondary N) is 1. The summed E-state index contributed by atoms with van der Waals surface area (Å²) in [5, 5.41) is 11.2. The van der Waals surface area contributed by atoms with Crippen LogP contribution in [0.4, 0.5) is 23.5 Å². The van der Waals surface area contributed by atoms with Crippen molar-refractivity contribution < 1.29 is 27.0 Å². The molecule has 4 aromatic rings. The van der Waals surface area contributed by atoms with Crippen LogP contribution in [0.15, 0.2) is 54.7 Å². The standard InChI is InChI=1S/C23H20F4N4O2/c1-13(14-5-4-6-15(11-14)32-2)28-22-30-29-20(21-19(24)9-10-31(21)22)17-8-7-16(33-3)12-18(17)23(25,26)27/h4-13H,1-3H3,(H,28,30). The van der Waals surface area contributed by atoms with Crippen molar-refractivity contribution in [3.05, 3.63) is 71.7 Å². The van der Waals surface area contributed by atoms with Gasteiger partial charge in [0.15, 0.2) is 5.82 Å². The normalized spacial score (nSPS) is 12.6. The number of benzene rings is 2. The molecule has 2 aromatic carbocycles. The van der Waals surface area contributed by atoms with E-state index in [1.54, 1.807) is 13.2 Å². The Morgan fingerprint density at radius 2 is 1.70 bits per heavy atom. The third-order valence-corrected chi connectivity index (χ3v) is 5.26. The molecule has 0 fully saturated rings. The van der Waals surface area contributed by atoms with Gasteiger partial charge in [0.05, 0.1) is 25.8 Å². The number of ether oxygens (including phenoxy) is 2. The number of rotatable bonds is 6. The fourth-order valence-corrected chi connectivity index (χ4v) is 3.56. The molecule has 0 saturated heterocycles. The van der Waals surface area contributed by atoms with E-state index in [0.29, 0.717) is 5.75 Å². The lowest BCUT2D eigenvalue weighted by molar-refractivity contribution is -0.137.